The SMILES string of the molecule is COc1ccc(NC(=O)CN(C)C(=O)COc2cc(C)cc(C)c2)cc1. The fraction of sp³-hybridized carbons (Fsp3) is 0.300. The van der Waals surface area contributed by atoms with Crippen LogP contribution in [0.1, 0.15) is 11.1 Å². The number of hydrogen-bond acceptors (Lipinski definition) is 4. The molecular formula is C20H24N2O4. The number of hydrogen-bond donors (Lipinski definition) is 1. The van der Waals surface area contributed by atoms with Crippen molar-refractivity contribution in [1.29, 1.82) is 0 Å². The number of carbonyl (C=O) groups is 2. The molecule has 6 nitrogen and oxygen atoms in total. The Labute approximate surface area is 153 Å². The highest BCUT2D eigenvalue weighted by Gasteiger charge is 2.14. The van der Waals surface area contributed by atoms with E-state index in [1.807, 2.05) is 32.0 Å². The van der Waals surface area contributed by atoms with Crippen molar-refractivity contribution in [2.75, 3.05) is 32.6 Å². The summed E-state index contributed by atoms with van der Waals surface area (Å²) in [6.07, 6.45) is 0. The van der Waals surface area contributed by atoms with Crippen LogP contribution in [0.25, 0.3) is 0 Å². The Bertz CT molecular complexity index is 752. The van der Waals surface area contributed by atoms with Crippen molar-refractivity contribution in [3.8, 4) is 11.5 Å². The fourth-order valence-electron chi connectivity index (χ4n) is 2.45. The molecule has 0 heterocycles. The number of benzene rings is 2. The van der Waals surface area contributed by atoms with Gasteiger partial charge < -0.3 is 19.7 Å². The van der Waals surface area contributed by atoms with Gasteiger partial charge in [-0.05, 0) is 61.4 Å². The van der Waals surface area contributed by atoms with Crippen LogP contribution < -0.4 is 14.8 Å². The van der Waals surface area contributed by atoms with Crippen LogP contribution in [0.2, 0.25) is 0 Å². The van der Waals surface area contributed by atoms with Gasteiger partial charge in [0.05, 0.1) is 13.7 Å². The van der Waals surface area contributed by atoms with Crippen molar-refractivity contribution >= 4 is 17.5 Å². The molecule has 6 heteroatoms. The standard InChI is InChI=1S/C20H24N2O4/c1-14-9-15(2)11-18(10-14)26-13-20(24)22(3)12-19(23)21-16-5-7-17(25-4)8-6-16/h5-11H,12-13H2,1-4H3,(H,21,23). The van der Waals surface area contributed by atoms with Crippen molar-refractivity contribution < 1.29 is 19.1 Å². The van der Waals surface area contributed by atoms with Gasteiger partial charge in [-0.1, -0.05) is 6.07 Å². The van der Waals surface area contributed by atoms with Crippen molar-refractivity contribution in [1.82, 2.24) is 4.90 Å². The molecule has 0 bridgehead atoms. The zero-order valence-electron chi connectivity index (χ0n) is 15.5. The van der Waals surface area contributed by atoms with Crippen LogP contribution in [0.5, 0.6) is 11.5 Å². The fourth-order valence-corrected chi connectivity index (χ4v) is 2.45. The third-order valence-corrected chi connectivity index (χ3v) is 3.74. The van der Waals surface area contributed by atoms with E-state index in [-0.39, 0.29) is 25.0 Å². The molecule has 138 valence electrons. The Morgan fingerprint density at radius 1 is 1.00 bits per heavy atom. The molecule has 0 fully saturated rings. The topological polar surface area (TPSA) is 67.9 Å². The molecule has 0 saturated heterocycles. The molecule has 2 aromatic rings. The maximum absolute atomic E-state index is 12.2. The summed E-state index contributed by atoms with van der Waals surface area (Å²) in [5.74, 6) is 0.803. The smallest absolute Gasteiger partial charge is 0.260 e. The van der Waals surface area contributed by atoms with Crippen LogP contribution in [0.3, 0.4) is 0 Å². The number of ether oxygens (including phenoxy) is 2. The van der Waals surface area contributed by atoms with Crippen LogP contribution in [-0.2, 0) is 9.59 Å². The highest BCUT2D eigenvalue weighted by atomic mass is 16.5. The third kappa shape index (κ3) is 5.81. The molecule has 0 aliphatic carbocycles. The van der Waals surface area contributed by atoms with Crippen molar-refractivity contribution in [3.63, 3.8) is 0 Å². The maximum Gasteiger partial charge on any atom is 0.260 e. The highest BCUT2D eigenvalue weighted by Crippen LogP contribution is 2.16. The number of rotatable bonds is 7. The van der Waals surface area contributed by atoms with E-state index in [2.05, 4.69) is 5.32 Å². The quantitative estimate of drug-likeness (QED) is 0.828. The van der Waals surface area contributed by atoms with E-state index >= 15 is 0 Å². The number of aryl methyl sites for hydroxylation is 2. The zero-order valence-corrected chi connectivity index (χ0v) is 15.5. The average molecular weight is 356 g/mol. The molecule has 0 radical (unpaired) electrons. The minimum absolute atomic E-state index is 0.0545. The second kappa shape index (κ2) is 8.89. The van der Waals surface area contributed by atoms with E-state index in [9.17, 15) is 9.59 Å². The van der Waals surface area contributed by atoms with E-state index < -0.39 is 0 Å². The van der Waals surface area contributed by atoms with Crippen molar-refractivity contribution in [2.24, 2.45) is 0 Å². The van der Waals surface area contributed by atoms with E-state index in [0.717, 1.165) is 11.1 Å². The lowest BCUT2D eigenvalue weighted by atomic mass is 10.1. The molecule has 0 aliphatic heterocycles. The molecule has 2 rings (SSSR count). The predicted molar refractivity (Wildman–Crippen MR) is 101 cm³/mol. The molecular weight excluding hydrogens is 332 g/mol. The predicted octanol–water partition coefficient (Wildman–Crippen LogP) is 2.79. The Morgan fingerprint density at radius 3 is 2.19 bits per heavy atom. The Hall–Kier alpha value is -3.02. The molecule has 0 spiro atoms. The van der Waals surface area contributed by atoms with Gasteiger partial charge in [0.1, 0.15) is 11.5 Å². The molecule has 0 saturated carbocycles. The van der Waals surface area contributed by atoms with Gasteiger partial charge in [0.15, 0.2) is 6.61 Å². The largest absolute Gasteiger partial charge is 0.497 e. The first kappa shape index (κ1) is 19.3. The summed E-state index contributed by atoms with van der Waals surface area (Å²) in [7, 11) is 3.15. The average Bonchev–Trinajstić information content (AvgIpc) is 2.59. The van der Waals surface area contributed by atoms with Gasteiger partial charge in [-0.2, -0.15) is 0 Å². The summed E-state index contributed by atoms with van der Waals surface area (Å²) < 4.78 is 10.6. The van der Waals surface area contributed by atoms with Gasteiger partial charge in [0.25, 0.3) is 5.91 Å². The summed E-state index contributed by atoms with van der Waals surface area (Å²) in [5, 5.41) is 2.74. The van der Waals surface area contributed by atoms with Gasteiger partial charge in [-0.25, -0.2) is 0 Å². The van der Waals surface area contributed by atoms with Gasteiger partial charge in [-0.3, -0.25) is 9.59 Å². The number of carbonyl (C=O) groups excluding carboxylic acids is 2. The van der Waals surface area contributed by atoms with E-state index in [1.165, 1.54) is 4.90 Å². The van der Waals surface area contributed by atoms with Crippen LogP contribution in [0.4, 0.5) is 5.69 Å². The maximum atomic E-state index is 12.2. The van der Waals surface area contributed by atoms with Gasteiger partial charge in [0.2, 0.25) is 5.91 Å². The molecule has 2 amide bonds. The molecule has 0 aromatic heterocycles. The molecule has 0 aliphatic rings. The van der Waals surface area contributed by atoms with E-state index in [1.54, 1.807) is 38.4 Å². The number of nitrogens with zero attached hydrogens (tertiary/aromatic N) is 1. The number of methoxy groups -OCH3 is 1. The highest BCUT2D eigenvalue weighted by molar-refractivity contribution is 5.94. The first-order chi connectivity index (χ1) is 12.4. The second-order valence-corrected chi connectivity index (χ2v) is 6.14. The normalized spacial score (nSPS) is 10.2. The first-order valence-corrected chi connectivity index (χ1v) is 8.26. The summed E-state index contributed by atoms with van der Waals surface area (Å²) in [6, 6.07) is 12.8. The van der Waals surface area contributed by atoms with Crippen LogP contribution in [-0.4, -0.2) is 44.0 Å². The number of nitrogens with one attached hydrogen (secondary N) is 1. The molecule has 26 heavy (non-hydrogen) atoms. The minimum atomic E-state index is -0.280. The molecule has 0 atom stereocenters. The zero-order chi connectivity index (χ0) is 19.1. The minimum Gasteiger partial charge on any atom is -0.497 e. The Kier molecular flexibility index (Phi) is 6.60. The summed E-state index contributed by atoms with van der Waals surface area (Å²) in [5.41, 5.74) is 2.78. The third-order valence-electron chi connectivity index (χ3n) is 3.74. The molecule has 1 N–H and O–H groups in total. The van der Waals surface area contributed by atoms with Crippen LogP contribution >= 0.6 is 0 Å². The number of likely N-dealkylation sites (N-methyl/N-ethyl adjacent to an activating group) is 1. The van der Waals surface area contributed by atoms with Gasteiger partial charge >= 0.3 is 0 Å². The first-order valence-electron chi connectivity index (χ1n) is 8.26. The Morgan fingerprint density at radius 2 is 1.62 bits per heavy atom. The van der Waals surface area contributed by atoms with Crippen LogP contribution in [0, 0.1) is 13.8 Å². The summed E-state index contributed by atoms with van der Waals surface area (Å²) in [4.78, 5) is 25.6. The lowest BCUT2D eigenvalue weighted by Crippen LogP contribution is -2.37. The van der Waals surface area contributed by atoms with Crippen molar-refractivity contribution in [3.05, 3.63) is 53.6 Å². The lowest BCUT2D eigenvalue weighted by Gasteiger charge is -2.17. The number of amides is 2. The lowest BCUT2D eigenvalue weighted by molar-refractivity contribution is -0.135. The van der Waals surface area contributed by atoms with Crippen LogP contribution in [0.15, 0.2) is 42.5 Å². The summed E-state index contributed by atoms with van der Waals surface area (Å²) in [6.45, 7) is 3.77. The number of anilines is 1. The Balaban J connectivity index is 1.82. The van der Waals surface area contributed by atoms with Gasteiger partial charge in [0, 0.05) is 12.7 Å². The van der Waals surface area contributed by atoms with Gasteiger partial charge in [-0.15, -0.1) is 0 Å². The molecule has 2 aromatic carbocycles. The van der Waals surface area contributed by atoms with Crippen molar-refractivity contribution in [2.45, 2.75) is 13.8 Å². The molecule has 0 unspecified atom stereocenters. The van der Waals surface area contributed by atoms with E-state index in [4.69, 9.17) is 9.47 Å². The summed E-state index contributed by atoms with van der Waals surface area (Å²) >= 11 is 0. The second-order valence-electron chi connectivity index (χ2n) is 6.14. The monoisotopic (exact) mass is 356 g/mol. The van der Waals surface area contributed by atoms with E-state index in [0.29, 0.717) is 17.2 Å².